The second-order valence-corrected chi connectivity index (χ2v) is 3.90. The predicted molar refractivity (Wildman–Crippen MR) is 73.3 cm³/mol. The number of allylic oxidation sites excluding steroid dienone is 1. The van der Waals surface area contributed by atoms with Gasteiger partial charge in [0.2, 0.25) is 5.95 Å². The Morgan fingerprint density at radius 3 is 2.83 bits per heavy atom. The first-order valence-electron chi connectivity index (χ1n) is 5.90. The van der Waals surface area contributed by atoms with E-state index < -0.39 is 0 Å². The molecule has 0 aliphatic rings. The van der Waals surface area contributed by atoms with Crippen LogP contribution in [0.5, 0.6) is 0 Å². The highest BCUT2D eigenvalue weighted by molar-refractivity contribution is 5.58. The van der Waals surface area contributed by atoms with Crippen molar-refractivity contribution in [2.75, 3.05) is 11.9 Å². The Labute approximate surface area is 107 Å². The summed E-state index contributed by atoms with van der Waals surface area (Å²) in [6.07, 6.45) is 7.58. The van der Waals surface area contributed by atoms with Gasteiger partial charge in [-0.3, -0.25) is 4.98 Å². The van der Waals surface area contributed by atoms with Crippen molar-refractivity contribution < 1.29 is 0 Å². The lowest BCUT2D eigenvalue weighted by molar-refractivity contribution is 1.12. The Morgan fingerprint density at radius 1 is 1.22 bits per heavy atom. The minimum absolute atomic E-state index is 0.631. The number of aromatic nitrogens is 3. The molecule has 0 unspecified atom stereocenters. The standard InChI is InChI=1S/C14H16N4/c1-3-4-8-15-14-16-9-7-13(18-14)12-6-5-11(2)17-10-12/h3-7,9-10H,8H2,1-2H3,(H,15,16,18). The van der Waals surface area contributed by atoms with E-state index in [1.54, 1.807) is 6.20 Å². The monoisotopic (exact) mass is 240 g/mol. The summed E-state index contributed by atoms with van der Waals surface area (Å²) in [6.45, 7) is 4.68. The molecule has 2 heterocycles. The summed E-state index contributed by atoms with van der Waals surface area (Å²) < 4.78 is 0. The molecule has 2 aromatic heterocycles. The molecule has 0 aromatic carbocycles. The normalized spacial score (nSPS) is 10.8. The van der Waals surface area contributed by atoms with Crippen molar-refractivity contribution in [1.82, 2.24) is 15.0 Å². The van der Waals surface area contributed by atoms with E-state index in [9.17, 15) is 0 Å². The van der Waals surface area contributed by atoms with E-state index in [-0.39, 0.29) is 0 Å². The fraction of sp³-hybridized carbons (Fsp3) is 0.214. The number of hydrogen-bond donors (Lipinski definition) is 1. The van der Waals surface area contributed by atoms with Crippen LogP contribution in [0.2, 0.25) is 0 Å². The summed E-state index contributed by atoms with van der Waals surface area (Å²) in [6, 6.07) is 5.87. The molecule has 1 N–H and O–H groups in total. The van der Waals surface area contributed by atoms with Gasteiger partial charge in [0.25, 0.3) is 0 Å². The smallest absolute Gasteiger partial charge is 0.223 e. The van der Waals surface area contributed by atoms with Gasteiger partial charge in [-0.2, -0.15) is 0 Å². The number of nitrogens with zero attached hydrogens (tertiary/aromatic N) is 3. The van der Waals surface area contributed by atoms with Gasteiger partial charge in [0.1, 0.15) is 0 Å². The van der Waals surface area contributed by atoms with E-state index in [1.807, 2.05) is 50.4 Å². The molecule has 0 atom stereocenters. The topological polar surface area (TPSA) is 50.7 Å². The van der Waals surface area contributed by atoms with E-state index in [1.165, 1.54) is 0 Å². The van der Waals surface area contributed by atoms with Crippen LogP contribution in [0.3, 0.4) is 0 Å². The Morgan fingerprint density at radius 2 is 2.11 bits per heavy atom. The molecular formula is C14H16N4. The maximum Gasteiger partial charge on any atom is 0.223 e. The van der Waals surface area contributed by atoms with Crippen molar-refractivity contribution >= 4 is 5.95 Å². The molecule has 2 aromatic rings. The molecule has 4 nitrogen and oxygen atoms in total. The van der Waals surface area contributed by atoms with Crippen molar-refractivity contribution in [1.29, 1.82) is 0 Å². The van der Waals surface area contributed by atoms with Crippen LogP contribution < -0.4 is 5.32 Å². The van der Waals surface area contributed by atoms with Crippen molar-refractivity contribution in [2.24, 2.45) is 0 Å². The molecule has 92 valence electrons. The van der Waals surface area contributed by atoms with Crippen LogP contribution in [0.1, 0.15) is 12.6 Å². The number of anilines is 1. The summed E-state index contributed by atoms with van der Waals surface area (Å²) in [5, 5.41) is 3.14. The number of hydrogen-bond acceptors (Lipinski definition) is 4. The molecule has 0 fully saturated rings. The summed E-state index contributed by atoms with van der Waals surface area (Å²) in [5.41, 5.74) is 2.87. The SMILES string of the molecule is CC=CCNc1nccc(-c2ccc(C)nc2)n1. The van der Waals surface area contributed by atoms with Crippen molar-refractivity contribution in [3.63, 3.8) is 0 Å². The van der Waals surface area contributed by atoms with Crippen LogP contribution >= 0.6 is 0 Å². The third-order valence-corrected chi connectivity index (χ3v) is 2.48. The average Bonchev–Trinajstić information content (AvgIpc) is 2.40. The molecule has 0 bridgehead atoms. The van der Waals surface area contributed by atoms with Gasteiger partial charge in [-0.15, -0.1) is 0 Å². The quantitative estimate of drug-likeness (QED) is 0.835. The molecule has 0 amide bonds. The number of nitrogens with one attached hydrogen (secondary N) is 1. The molecule has 0 radical (unpaired) electrons. The van der Waals surface area contributed by atoms with Crippen LogP contribution in [0.25, 0.3) is 11.3 Å². The average molecular weight is 240 g/mol. The molecule has 0 saturated heterocycles. The lowest BCUT2D eigenvalue weighted by Crippen LogP contribution is -2.03. The van der Waals surface area contributed by atoms with Gasteiger partial charge in [-0.25, -0.2) is 9.97 Å². The second-order valence-electron chi connectivity index (χ2n) is 3.90. The minimum atomic E-state index is 0.631. The molecule has 4 heteroatoms. The number of rotatable bonds is 4. The highest BCUT2D eigenvalue weighted by Crippen LogP contribution is 2.16. The third-order valence-electron chi connectivity index (χ3n) is 2.48. The summed E-state index contributed by atoms with van der Waals surface area (Å²) >= 11 is 0. The van der Waals surface area contributed by atoms with Crippen molar-refractivity contribution in [2.45, 2.75) is 13.8 Å². The fourth-order valence-corrected chi connectivity index (χ4v) is 1.49. The van der Waals surface area contributed by atoms with Gasteiger partial charge >= 0.3 is 0 Å². The highest BCUT2D eigenvalue weighted by atomic mass is 15.1. The van der Waals surface area contributed by atoms with E-state index in [2.05, 4.69) is 20.3 Å². The zero-order valence-electron chi connectivity index (χ0n) is 10.6. The molecule has 0 saturated carbocycles. The number of pyridine rings is 1. The first kappa shape index (κ1) is 12.2. The van der Waals surface area contributed by atoms with Crippen LogP contribution in [0.4, 0.5) is 5.95 Å². The lowest BCUT2D eigenvalue weighted by Gasteiger charge is -2.04. The third kappa shape index (κ3) is 3.13. The highest BCUT2D eigenvalue weighted by Gasteiger charge is 2.01. The fourth-order valence-electron chi connectivity index (χ4n) is 1.49. The van der Waals surface area contributed by atoms with Gasteiger partial charge in [0, 0.05) is 30.2 Å². The number of aryl methyl sites for hydroxylation is 1. The van der Waals surface area contributed by atoms with Crippen molar-refractivity contribution in [3.8, 4) is 11.3 Å². The Bertz CT molecular complexity index is 532. The molecule has 0 aliphatic heterocycles. The van der Waals surface area contributed by atoms with Crippen LogP contribution in [-0.2, 0) is 0 Å². The molecular weight excluding hydrogens is 224 g/mol. The minimum Gasteiger partial charge on any atom is -0.351 e. The summed E-state index contributed by atoms with van der Waals surface area (Å²) in [4.78, 5) is 12.9. The largest absolute Gasteiger partial charge is 0.351 e. The van der Waals surface area contributed by atoms with Crippen LogP contribution in [-0.4, -0.2) is 21.5 Å². The summed E-state index contributed by atoms with van der Waals surface area (Å²) in [5.74, 6) is 0.631. The van der Waals surface area contributed by atoms with Crippen molar-refractivity contribution in [3.05, 3.63) is 48.4 Å². The van der Waals surface area contributed by atoms with Crippen LogP contribution in [0, 0.1) is 6.92 Å². The predicted octanol–water partition coefficient (Wildman–Crippen LogP) is 2.84. The van der Waals surface area contributed by atoms with Gasteiger partial charge in [-0.1, -0.05) is 12.2 Å². The van der Waals surface area contributed by atoms with Gasteiger partial charge < -0.3 is 5.32 Å². The van der Waals surface area contributed by atoms with Gasteiger partial charge in [0.05, 0.1) is 5.69 Å². The van der Waals surface area contributed by atoms with Gasteiger partial charge in [0.15, 0.2) is 0 Å². The summed E-state index contributed by atoms with van der Waals surface area (Å²) in [7, 11) is 0. The maximum atomic E-state index is 4.45. The molecule has 2 rings (SSSR count). The Balaban J connectivity index is 2.18. The van der Waals surface area contributed by atoms with Crippen LogP contribution in [0.15, 0.2) is 42.7 Å². The van der Waals surface area contributed by atoms with E-state index in [4.69, 9.17) is 0 Å². The molecule has 0 spiro atoms. The second kappa shape index (κ2) is 5.91. The first-order valence-corrected chi connectivity index (χ1v) is 5.90. The Hall–Kier alpha value is -2.23. The van der Waals surface area contributed by atoms with E-state index >= 15 is 0 Å². The lowest BCUT2D eigenvalue weighted by atomic mass is 10.2. The Kier molecular flexibility index (Phi) is 4.02. The van der Waals surface area contributed by atoms with Gasteiger partial charge in [-0.05, 0) is 32.0 Å². The first-order chi connectivity index (χ1) is 8.79. The molecule has 18 heavy (non-hydrogen) atoms. The maximum absolute atomic E-state index is 4.45. The van der Waals surface area contributed by atoms with E-state index in [0.29, 0.717) is 5.95 Å². The zero-order chi connectivity index (χ0) is 12.8. The van der Waals surface area contributed by atoms with E-state index in [0.717, 1.165) is 23.5 Å². The molecule has 0 aliphatic carbocycles. The zero-order valence-corrected chi connectivity index (χ0v) is 10.6.